The Balaban J connectivity index is 2.18. The monoisotopic (exact) mass is 186 g/mol. The van der Waals surface area contributed by atoms with E-state index in [2.05, 4.69) is 6.92 Å². The van der Waals surface area contributed by atoms with Gasteiger partial charge >= 0.3 is 0 Å². The van der Waals surface area contributed by atoms with E-state index in [-0.39, 0.29) is 0 Å². The van der Waals surface area contributed by atoms with Crippen molar-refractivity contribution in [3.63, 3.8) is 0 Å². The first-order chi connectivity index (χ1) is 5.88. The highest BCUT2D eigenvalue weighted by molar-refractivity contribution is 6.18. The van der Waals surface area contributed by atoms with Gasteiger partial charge in [0.05, 0.1) is 0 Å². The summed E-state index contributed by atoms with van der Waals surface area (Å²) in [6.07, 6.45) is 9.28. The third-order valence-electron chi connectivity index (χ3n) is 2.71. The van der Waals surface area contributed by atoms with Crippen LogP contribution in [-0.4, -0.2) is 5.88 Å². The standard InChI is InChI=1S/C11H19Cl/c1-2-3-4-5-10-6-7-11(10)8-9-12/h2-9H2,1H3. The molecule has 1 aliphatic carbocycles. The van der Waals surface area contributed by atoms with Gasteiger partial charge in [-0.2, -0.15) is 0 Å². The lowest BCUT2D eigenvalue weighted by molar-refractivity contribution is 0.641. The minimum Gasteiger partial charge on any atom is -0.126 e. The molecular weight excluding hydrogens is 168 g/mol. The lowest BCUT2D eigenvalue weighted by Crippen LogP contribution is -2.04. The quantitative estimate of drug-likeness (QED) is 0.330. The van der Waals surface area contributed by atoms with Crippen LogP contribution in [0.4, 0.5) is 0 Å². The van der Waals surface area contributed by atoms with Gasteiger partial charge in [-0.1, -0.05) is 30.9 Å². The fourth-order valence-corrected chi connectivity index (χ4v) is 2.01. The molecule has 12 heavy (non-hydrogen) atoms. The van der Waals surface area contributed by atoms with Gasteiger partial charge in [0.25, 0.3) is 0 Å². The number of halogens is 1. The second-order valence-corrected chi connectivity index (χ2v) is 3.98. The van der Waals surface area contributed by atoms with Crippen LogP contribution in [0.2, 0.25) is 0 Å². The van der Waals surface area contributed by atoms with E-state index in [9.17, 15) is 0 Å². The van der Waals surface area contributed by atoms with Crippen LogP contribution < -0.4 is 0 Å². The Morgan fingerprint density at radius 3 is 2.25 bits per heavy atom. The van der Waals surface area contributed by atoms with Gasteiger partial charge in [0, 0.05) is 5.88 Å². The van der Waals surface area contributed by atoms with Gasteiger partial charge in [-0.15, -0.1) is 11.6 Å². The fraction of sp³-hybridized carbons (Fsp3) is 0.818. The van der Waals surface area contributed by atoms with E-state index in [1.54, 1.807) is 11.1 Å². The molecule has 0 bridgehead atoms. The Kier molecular flexibility index (Phi) is 4.75. The number of alkyl halides is 1. The molecule has 0 atom stereocenters. The van der Waals surface area contributed by atoms with E-state index in [1.807, 2.05) is 0 Å². The highest BCUT2D eigenvalue weighted by atomic mass is 35.5. The lowest BCUT2D eigenvalue weighted by atomic mass is 9.84. The van der Waals surface area contributed by atoms with Crippen LogP contribution in [0.1, 0.15) is 51.9 Å². The predicted octanol–water partition coefficient (Wildman–Crippen LogP) is 4.29. The van der Waals surface area contributed by atoms with E-state index >= 15 is 0 Å². The second kappa shape index (κ2) is 5.64. The molecular formula is C11H19Cl. The Hall–Kier alpha value is 0.0300. The van der Waals surface area contributed by atoms with Crippen molar-refractivity contribution in [2.75, 3.05) is 5.88 Å². The molecule has 70 valence electrons. The van der Waals surface area contributed by atoms with Crippen molar-refractivity contribution in [3.8, 4) is 0 Å². The number of hydrogen-bond donors (Lipinski definition) is 0. The molecule has 1 heteroatoms. The first-order valence-electron chi connectivity index (χ1n) is 5.14. The van der Waals surface area contributed by atoms with Crippen LogP contribution in [0.15, 0.2) is 11.1 Å². The summed E-state index contributed by atoms with van der Waals surface area (Å²) < 4.78 is 0. The van der Waals surface area contributed by atoms with Crippen LogP contribution in [0.25, 0.3) is 0 Å². The molecule has 0 saturated carbocycles. The van der Waals surface area contributed by atoms with E-state index in [0.29, 0.717) is 0 Å². The number of unbranched alkanes of at least 4 members (excludes halogenated alkanes) is 2. The van der Waals surface area contributed by atoms with Crippen molar-refractivity contribution >= 4 is 11.6 Å². The van der Waals surface area contributed by atoms with Crippen molar-refractivity contribution in [1.29, 1.82) is 0 Å². The Morgan fingerprint density at radius 1 is 1.08 bits per heavy atom. The van der Waals surface area contributed by atoms with Crippen molar-refractivity contribution in [2.45, 2.75) is 51.9 Å². The fourth-order valence-electron chi connectivity index (χ4n) is 1.78. The van der Waals surface area contributed by atoms with Gasteiger partial charge in [-0.05, 0) is 32.1 Å². The van der Waals surface area contributed by atoms with E-state index in [0.717, 1.165) is 12.3 Å². The zero-order valence-corrected chi connectivity index (χ0v) is 8.79. The topological polar surface area (TPSA) is 0 Å². The maximum Gasteiger partial charge on any atom is 0.0260 e. The summed E-state index contributed by atoms with van der Waals surface area (Å²) in [6, 6.07) is 0. The predicted molar refractivity (Wildman–Crippen MR) is 55.7 cm³/mol. The molecule has 0 fully saturated rings. The molecule has 1 rings (SSSR count). The molecule has 0 nitrogen and oxygen atoms in total. The SMILES string of the molecule is CCCCCC1=C(CCCl)CC1. The van der Waals surface area contributed by atoms with Gasteiger partial charge in [0.15, 0.2) is 0 Å². The Bertz CT molecular complexity index is 158. The average Bonchev–Trinajstić information content (AvgIpc) is 2.06. The van der Waals surface area contributed by atoms with Crippen molar-refractivity contribution in [2.24, 2.45) is 0 Å². The minimum absolute atomic E-state index is 0.812. The summed E-state index contributed by atoms with van der Waals surface area (Å²) in [5.74, 6) is 0.812. The molecule has 0 unspecified atom stereocenters. The Morgan fingerprint density at radius 2 is 1.75 bits per heavy atom. The molecule has 0 amide bonds. The van der Waals surface area contributed by atoms with Crippen molar-refractivity contribution in [3.05, 3.63) is 11.1 Å². The van der Waals surface area contributed by atoms with Gasteiger partial charge in [-0.3, -0.25) is 0 Å². The Labute approximate surface area is 81.0 Å². The molecule has 0 spiro atoms. The van der Waals surface area contributed by atoms with Crippen LogP contribution >= 0.6 is 11.6 Å². The minimum atomic E-state index is 0.812. The molecule has 1 aliphatic rings. The van der Waals surface area contributed by atoms with Gasteiger partial charge < -0.3 is 0 Å². The van der Waals surface area contributed by atoms with E-state index in [4.69, 9.17) is 11.6 Å². The third kappa shape index (κ3) is 2.82. The molecule has 0 saturated heterocycles. The van der Waals surface area contributed by atoms with Crippen LogP contribution in [0, 0.1) is 0 Å². The first-order valence-corrected chi connectivity index (χ1v) is 5.67. The highest BCUT2D eigenvalue weighted by Crippen LogP contribution is 2.34. The summed E-state index contributed by atoms with van der Waals surface area (Å²) in [5.41, 5.74) is 3.39. The van der Waals surface area contributed by atoms with Gasteiger partial charge in [-0.25, -0.2) is 0 Å². The summed E-state index contributed by atoms with van der Waals surface area (Å²) >= 11 is 5.70. The highest BCUT2D eigenvalue weighted by Gasteiger charge is 2.15. The molecule has 0 heterocycles. The first kappa shape index (κ1) is 10.1. The normalized spacial score (nSPS) is 16.5. The van der Waals surface area contributed by atoms with Crippen molar-refractivity contribution in [1.82, 2.24) is 0 Å². The molecule has 0 aliphatic heterocycles. The van der Waals surface area contributed by atoms with Crippen LogP contribution in [0.3, 0.4) is 0 Å². The molecule has 0 radical (unpaired) electrons. The third-order valence-corrected chi connectivity index (χ3v) is 2.90. The largest absolute Gasteiger partial charge is 0.126 e. The van der Waals surface area contributed by atoms with Gasteiger partial charge in [0.2, 0.25) is 0 Å². The number of hydrogen-bond acceptors (Lipinski definition) is 0. The maximum atomic E-state index is 5.70. The molecule has 0 aromatic carbocycles. The van der Waals surface area contributed by atoms with Crippen molar-refractivity contribution < 1.29 is 0 Å². The van der Waals surface area contributed by atoms with Crippen LogP contribution in [-0.2, 0) is 0 Å². The number of allylic oxidation sites excluding steroid dienone is 2. The maximum absolute atomic E-state index is 5.70. The zero-order valence-electron chi connectivity index (χ0n) is 8.03. The van der Waals surface area contributed by atoms with Crippen LogP contribution in [0.5, 0.6) is 0 Å². The molecule has 0 aromatic rings. The molecule has 0 N–H and O–H groups in total. The van der Waals surface area contributed by atoms with E-state index < -0.39 is 0 Å². The summed E-state index contributed by atoms with van der Waals surface area (Å²) in [7, 11) is 0. The molecule has 0 aromatic heterocycles. The van der Waals surface area contributed by atoms with Gasteiger partial charge in [0.1, 0.15) is 0 Å². The smallest absolute Gasteiger partial charge is 0.0260 e. The second-order valence-electron chi connectivity index (χ2n) is 3.60. The summed E-state index contributed by atoms with van der Waals surface area (Å²) in [4.78, 5) is 0. The number of rotatable bonds is 6. The lowest BCUT2D eigenvalue weighted by Gasteiger charge is -2.23. The summed E-state index contributed by atoms with van der Waals surface area (Å²) in [5, 5.41) is 0. The average molecular weight is 187 g/mol. The zero-order chi connectivity index (χ0) is 8.81. The van der Waals surface area contributed by atoms with E-state index in [1.165, 1.54) is 38.5 Å². The summed E-state index contributed by atoms with van der Waals surface area (Å²) in [6.45, 7) is 2.26.